The second kappa shape index (κ2) is 9.25. The van der Waals surface area contributed by atoms with Gasteiger partial charge >= 0.3 is 0 Å². The molecule has 2 heterocycles. The van der Waals surface area contributed by atoms with Crippen LogP contribution in [0.3, 0.4) is 0 Å². The van der Waals surface area contributed by atoms with Crippen LogP contribution in [0.5, 0.6) is 11.5 Å². The Morgan fingerprint density at radius 1 is 1.06 bits per heavy atom. The van der Waals surface area contributed by atoms with Gasteiger partial charge in [0.1, 0.15) is 5.82 Å². The first-order valence-corrected chi connectivity index (χ1v) is 10.7. The highest BCUT2D eigenvalue weighted by Gasteiger charge is 2.16. The van der Waals surface area contributed by atoms with E-state index in [0.29, 0.717) is 32.8 Å². The molecule has 7 nitrogen and oxygen atoms in total. The van der Waals surface area contributed by atoms with Crippen LogP contribution in [-0.2, 0) is 0 Å². The molecule has 2 aromatic heterocycles. The van der Waals surface area contributed by atoms with E-state index in [1.165, 1.54) is 49.8 Å². The summed E-state index contributed by atoms with van der Waals surface area (Å²) in [5, 5.41) is 4.91. The van der Waals surface area contributed by atoms with Crippen molar-refractivity contribution in [2.75, 3.05) is 20.8 Å². The third-order valence-electron chi connectivity index (χ3n) is 5.04. The van der Waals surface area contributed by atoms with E-state index in [9.17, 15) is 18.8 Å². The number of benzene rings is 2. The molecule has 0 bridgehead atoms. The molecule has 2 aromatic carbocycles. The number of aromatic nitrogens is 1. The van der Waals surface area contributed by atoms with Crippen molar-refractivity contribution in [2.24, 2.45) is 0 Å². The lowest BCUT2D eigenvalue weighted by Crippen LogP contribution is -2.30. The first-order valence-electron chi connectivity index (χ1n) is 9.85. The van der Waals surface area contributed by atoms with Gasteiger partial charge < -0.3 is 19.8 Å². The lowest BCUT2D eigenvalue weighted by Gasteiger charge is -2.10. The number of nitrogens with one attached hydrogen (secondary N) is 2. The Kier molecular flexibility index (Phi) is 6.23. The Morgan fingerprint density at radius 3 is 2.61 bits per heavy atom. The summed E-state index contributed by atoms with van der Waals surface area (Å²) in [5.41, 5.74) is 0.967. The Bertz CT molecular complexity index is 1430. The quantitative estimate of drug-likeness (QED) is 0.401. The molecule has 0 unspecified atom stereocenters. The lowest BCUT2D eigenvalue weighted by atomic mass is 10.1. The lowest BCUT2D eigenvalue weighted by molar-refractivity contribution is 0.0902. The highest BCUT2D eigenvalue weighted by molar-refractivity contribution is 7.17. The highest BCUT2D eigenvalue weighted by atomic mass is 32.1. The summed E-state index contributed by atoms with van der Waals surface area (Å²) in [4.78, 5) is 40.4. The Labute approximate surface area is 191 Å². The maximum Gasteiger partial charge on any atom is 0.251 e. The van der Waals surface area contributed by atoms with E-state index in [1.54, 1.807) is 29.6 Å². The fourth-order valence-corrected chi connectivity index (χ4v) is 4.38. The average molecular weight is 466 g/mol. The number of methoxy groups -OCH3 is 2. The summed E-state index contributed by atoms with van der Waals surface area (Å²) < 4.78 is 24.8. The molecular weight excluding hydrogens is 447 g/mol. The van der Waals surface area contributed by atoms with E-state index in [4.69, 9.17) is 9.47 Å². The summed E-state index contributed by atoms with van der Waals surface area (Å²) >= 11 is 1.21. The summed E-state index contributed by atoms with van der Waals surface area (Å²) in [5.74, 6) is -0.458. The fourth-order valence-electron chi connectivity index (χ4n) is 3.40. The normalized spacial score (nSPS) is 10.8. The van der Waals surface area contributed by atoms with Crippen LogP contribution in [0.1, 0.15) is 20.8 Å². The summed E-state index contributed by atoms with van der Waals surface area (Å²) in [6.45, 7) is -0.328. The van der Waals surface area contributed by atoms with Gasteiger partial charge in [-0.2, -0.15) is 0 Å². The molecule has 0 atom stereocenters. The van der Waals surface area contributed by atoms with Crippen molar-refractivity contribution in [3.8, 4) is 22.8 Å². The van der Waals surface area contributed by atoms with Crippen molar-refractivity contribution >= 4 is 33.1 Å². The molecule has 168 valence electrons. The number of aromatic amines is 1. The number of carbonyl (C=O) groups is 2. The van der Waals surface area contributed by atoms with Gasteiger partial charge in [0.25, 0.3) is 5.91 Å². The molecule has 4 aromatic rings. The SMILES string of the molecule is COc1ccc(C(=O)NCC(=O)c2cc(=O)cc(-c3csc4c(F)cccc34)[nH]2)cc1OC. The number of pyridine rings is 1. The van der Waals surface area contributed by atoms with E-state index in [1.807, 2.05) is 0 Å². The topological polar surface area (TPSA) is 97.5 Å². The van der Waals surface area contributed by atoms with Gasteiger partial charge in [-0.25, -0.2) is 4.39 Å². The van der Waals surface area contributed by atoms with Crippen LogP contribution in [0.15, 0.2) is 58.7 Å². The van der Waals surface area contributed by atoms with Gasteiger partial charge in [0.2, 0.25) is 0 Å². The number of fused-ring (bicyclic) bond motifs is 1. The number of amides is 1. The second-order valence-electron chi connectivity index (χ2n) is 7.08. The predicted molar refractivity (Wildman–Crippen MR) is 124 cm³/mol. The number of Topliss-reactive ketones (excluding diaryl/α,β-unsaturated/α-hetero) is 1. The predicted octanol–water partition coefficient (Wildman–Crippen LogP) is 4.03. The highest BCUT2D eigenvalue weighted by Crippen LogP contribution is 2.34. The number of hydrogen-bond acceptors (Lipinski definition) is 6. The minimum atomic E-state index is -0.484. The van der Waals surface area contributed by atoms with Crippen molar-refractivity contribution in [2.45, 2.75) is 0 Å². The van der Waals surface area contributed by atoms with Crippen molar-refractivity contribution in [3.63, 3.8) is 0 Å². The number of ether oxygens (including phenoxy) is 2. The number of H-pyrrole nitrogens is 1. The molecule has 0 radical (unpaired) electrons. The first-order chi connectivity index (χ1) is 15.9. The molecule has 0 aliphatic heterocycles. The average Bonchev–Trinajstić information content (AvgIpc) is 3.27. The van der Waals surface area contributed by atoms with Crippen LogP contribution >= 0.6 is 11.3 Å². The van der Waals surface area contributed by atoms with Gasteiger partial charge in [-0.05, 0) is 24.3 Å². The summed E-state index contributed by atoms with van der Waals surface area (Å²) in [6.07, 6.45) is 0. The number of carbonyl (C=O) groups excluding carboxylic acids is 2. The van der Waals surface area contributed by atoms with Crippen molar-refractivity contribution in [3.05, 3.63) is 81.2 Å². The third kappa shape index (κ3) is 4.49. The monoisotopic (exact) mass is 466 g/mol. The van der Waals surface area contributed by atoms with Gasteiger partial charge in [0.05, 0.1) is 36.9 Å². The van der Waals surface area contributed by atoms with Crippen LogP contribution in [0.25, 0.3) is 21.3 Å². The van der Waals surface area contributed by atoms with Crippen LogP contribution in [0.4, 0.5) is 4.39 Å². The zero-order valence-corrected chi connectivity index (χ0v) is 18.5. The van der Waals surface area contributed by atoms with Crippen LogP contribution < -0.4 is 20.2 Å². The maximum atomic E-state index is 14.0. The van der Waals surface area contributed by atoms with E-state index in [-0.39, 0.29) is 29.0 Å². The molecule has 33 heavy (non-hydrogen) atoms. The first kappa shape index (κ1) is 22.2. The Morgan fingerprint density at radius 2 is 1.85 bits per heavy atom. The minimum Gasteiger partial charge on any atom is -0.493 e. The molecule has 0 aliphatic carbocycles. The standard InChI is InChI=1S/C24H19FN2O5S/c1-31-21-7-6-13(8-22(21)32-2)24(30)26-11-20(29)19-10-14(28)9-18(27-19)16-12-33-23-15(16)4-3-5-17(23)25/h3-10,12H,11H2,1-2H3,(H,26,30)(H,27,28). The van der Waals surface area contributed by atoms with Crippen molar-refractivity contribution in [1.82, 2.24) is 10.3 Å². The summed E-state index contributed by atoms with van der Waals surface area (Å²) in [6, 6.07) is 11.9. The number of thiophene rings is 1. The number of ketones is 1. The molecule has 0 aliphatic rings. The molecule has 1 amide bonds. The second-order valence-corrected chi connectivity index (χ2v) is 7.96. The van der Waals surface area contributed by atoms with Crippen LogP contribution in [-0.4, -0.2) is 37.4 Å². The Balaban J connectivity index is 1.54. The molecule has 0 saturated heterocycles. The van der Waals surface area contributed by atoms with E-state index >= 15 is 0 Å². The summed E-state index contributed by atoms with van der Waals surface area (Å²) in [7, 11) is 2.94. The fraction of sp³-hybridized carbons (Fsp3) is 0.125. The zero-order valence-electron chi connectivity index (χ0n) is 17.7. The molecule has 4 rings (SSSR count). The minimum absolute atomic E-state index is 0.0425. The molecule has 2 N–H and O–H groups in total. The number of halogens is 1. The van der Waals surface area contributed by atoms with Gasteiger partial charge in [0, 0.05) is 34.0 Å². The van der Waals surface area contributed by atoms with Gasteiger partial charge in [-0.1, -0.05) is 12.1 Å². The van der Waals surface area contributed by atoms with Gasteiger partial charge in [0.15, 0.2) is 22.7 Å². The van der Waals surface area contributed by atoms with Crippen LogP contribution in [0, 0.1) is 5.82 Å². The number of hydrogen-bond donors (Lipinski definition) is 2. The Hall–Kier alpha value is -3.98. The van der Waals surface area contributed by atoms with Gasteiger partial charge in [-0.3, -0.25) is 14.4 Å². The molecule has 9 heteroatoms. The largest absolute Gasteiger partial charge is 0.493 e. The van der Waals surface area contributed by atoms with Gasteiger partial charge in [-0.15, -0.1) is 11.3 Å². The van der Waals surface area contributed by atoms with Crippen LogP contribution in [0.2, 0.25) is 0 Å². The van der Waals surface area contributed by atoms with E-state index in [2.05, 4.69) is 10.3 Å². The molecule has 0 saturated carbocycles. The third-order valence-corrected chi connectivity index (χ3v) is 6.04. The number of rotatable bonds is 7. The van der Waals surface area contributed by atoms with E-state index in [0.717, 1.165) is 0 Å². The molecule has 0 fully saturated rings. The van der Waals surface area contributed by atoms with Crippen molar-refractivity contribution in [1.29, 1.82) is 0 Å². The maximum absolute atomic E-state index is 14.0. The van der Waals surface area contributed by atoms with E-state index < -0.39 is 11.7 Å². The zero-order chi connectivity index (χ0) is 23.5. The molecule has 0 spiro atoms. The smallest absolute Gasteiger partial charge is 0.251 e. The van der Waals surface area contributed by atoms with Crippen molar-refractivity contribution < 1.29 is 23.5 Å². The molecular formula is C24H19FN2O5S.